The van der Waals surface area contributed by atoms with Crippen molar-refractivity contribution < 1.29 is 23.5 Å². The van der Waals surface area contributed by atoms with Crippen molar-refractivity contribution in [1.29, 1.82) is 0 Å². The largest absolute Gasteiger partial charge is 0.395 e. The Balaban J connectivity index is 1.12. The van der Waals surface area contributed by atoms with Crippen molar-refractivity contribution in [3.8, 4) is 0 Å². The monoisotopic (exact) mass is 774 g/mol. The Labute approximate surface area is 307 Å². The van der Waals surface area contributed by atoms with Crippen molar-refractivity contribution in [3.63, 3.8) is 0 Å². The van der Waals surface area contributed by atoms with E-state index >= 15 is 4.11 Å². The van der Waals surface area contributed by atoms with Crippen LogP contribution in [0.3, 0.4) is 0 Å². The fourth-order valence-corrected chi connectivity index (χ4v) is 11.3. The molecule has 2 saturated heterocycles. The van der Waals surface area contributed by atoms with Crippen molar-refractivity contribution in [2.24, 2.45) is 5.92 Å². The summed E-state index contributed by atoms with van der Waals surface area (Å²) in [5.41, 5.74) is 2.87. The minimum Gasteiger partial charge on any atom is -0.395 e. The van der Waals surface area contributed by atoms with Crippen LogP contribution in [0.2, 0.25) is 18.6 Å². The van der Waals surface area contributed by atoms with Gasteiger partial charge in [-0.1, -0.05) is 70.5 Å². The number of hydrogen-bond acceptors (Lipinski definition) is 7. The lowest BCUT2D eigenvalue weighted by Gasteiger charge is -2.31. The van der Waals surface area contributed by atoms with E-state index in [2.05, 4.69) is 36.9 Å². The van der Waals surface area contributed by atoms with Crippen LogP contribution in [0.5, 0.6) is 0 Å². The van der Waals surface area contributed by atoms with Crippen molar-refractivity contribution in [2.75, 3.05) is 23.4 Å². The highest BCUT2D eigenvalue weighted by Crippen LogP contribution is 2.60. The molecule has 6 atom stereocenters. The van der Waals surface area contributed by atoms with Crippen LogP contribution in [0.15, 0.2) is 83.5 Å². The van der Waals surface area contributed by atoms with Gasteiger partial charge in [-0.3, -0.25) is 14.3 Å². The predicted molar refractivity (Wildman–Crippen MR) is 199 cm³/mol. The van der Waals surface area contributed by atoms with Gasteiger partial charge in [-0.05, 0) is 80.4 Å². The third-order valence-electron chi connectivity index (χ3n) is 10.8. The number of nitrogens with one attached hydrogen (secondary N) is 2. The molecule has 3 aliphatic rings. The molecule has 4 heterocycles. The normalized spacial score (nSPS) is 25.1. The maximum absolute atomic E-state index is 16.4. The Morgan fingerprint density at radius 2 is 1.94 bits per heavy atom. The summed E-state index contributed by atoms with van der Waals surface area (Å²) in [7, 11) is -3.36. The third-order valence-corrected chi connectivity index (χ3v) is 13.8. The number of halogens is 2. The number of aliphatic hydroxyl groups excluding tert-OH is 1. The first-order valence-corrected chi connectivity index (χ1v) is 21.4. The summed E-state index contributed by atoms with van der Waals surface area (Å²) in [6.07, 6.45) is 3.54. The molecule has 1 unspecified atom stereocenters. The second-order valence-corrected chi connectivity index (χ2v) is 19.2. The van der Waals surface area contributed by atoms with Gasteiger partial charge >= 0.3 is 0 Å². The van der Waals surface area contributed by atoms with E-state index in [1.807, 2.05) is 85.9 Å². The topological polar surface area (TPSA) is 122 Å². The molecule has 51 heavy (non-hydrogen) atoms. The quantitative estimate of drug-likeness (QED) is 0.121. The molecule has 0 radical (unpaired) electrons. The second kappa shape index (κ2) is 14.3. The maximum Gasteiger partial charge on any atom is 0.264 e. The molecule has 13 heteroatoms. The van der Waals surface area contributed by atoms with Gasteiger partial charge < -0.3 is 29.5 Å². The number of carbonyl (C=O) groups excluding carboxylic acids is 2. The van der Waals surface area contributed by atoms with Crippen molar-refractivity contribution >= 4 is 47.5 Å². The standard InChI is InChI=1S/C38H44BrFN6O4Si/c1-24-35(51(2,3)40)34(17-19-45-22-32(43-44-45)29(23-47)26-8-5-4-6-9-26)50-38(24)30-20-27(39)13-16-33(30)46(37(38)49)21-25-11-14-28(15-12-25)42-36(48)31-10-7-18-41-31/h4-6,8-9,11-16,20,22,24,29,31,34-35,41,47H,7,10,17-19,21,23H2,1-3H3,(H,42,48)/t24-,29?,31-,34+,35-,38+/m1/s1. The highest BCUT2D eigenvalue weighted by atomic mass is 79.9. The molecular weight excluding hydrogens is 731 g/mol. The molecule has 1 spiro atoms. The molecular formula is C38H44BrFN6O4Si. The van der Waals surface area contributed by atoms with Crippen LogP contribution in [-0.2, 0) is 33.0 Å². The van der Waals surface area contributed by atoms with Crippen LogP contribution in [0.1, 0.15) is 54.5 Å². The minimum absolute atomic E-state index is 0.0435. The fraction of sp³-hybridized carbons (Fsp3) is 0.421. The van der Waals surface area contributed by atoms with Gasteiger partial charge in [-0.2, -0.15) is 0 Å². The molecule has 10 nitrogen and oxygen atoms in total. The summed E-state index contributed by atoms with van der Waals surface area (Å²) in [5, 5.41) is 25.0. The van der Waals surface area contributed by atoms with Gasteiger partial charge in [0.25, 0.3) is 5.91 Å². The fourth-order valence-electron chi connectivity index (χ4n) is 8.36. The van der Waals surface area contributed by atoms with Crippen LogP contribution in [0.4, 0.5) is 15.5 Å². The summed E-state index contributed by atoms with van der Waals surface area (Å²) < 4.78 is 25.8. The Hall–Kier alpha value is -3.75. The molecule has 1 aromatic heterocycles. The summed E-state index contributed by atoms with van der Waals surface area (Å²) in [6, 6.07) is 22.8. The van der Waals surface area contributed by atoms with Crippen LogP contribution >= 0.6 is 15.9 Å². The van der Waals surface area contributed by atoms with Crippen molar-refractivity contribution in [3.05, 3.63) is 106 Å². The molecule has 4 aromatic rings. The lowest BCUT2D eigenvalue weighted by Crippen LogP contribution is -2.45. The van der Waals surface area contributed by atoms with Gasteiger partial charge in [0, 0.05) is 39.9 Å². The molecule has 7 rings (SSSR count). The number of nitrogens with zero attached hydrogens (tertiary/aromatic N) is 4. The molecule has 0 aliphatic carbocycles. The van der Waals surface area contributed by atoms with E-state index in [-0.39, 0.29) is 30.4 Å². The average molecular weight is 776 g/mol. The number of carbonyl (C=O) groups is 2. The van der Waals surface area contributed by atoms with Gasteiger partial charge in [0.15, 0.2) is 5.60 Å². The second-order valence-electron chi connectivity index (χ2n) is 14.5. The van der Waals surface area contributed by atoms with Gasteiger partial charge in [0.1, 0.15) is 0 Å². The molecule has 3 N–H and O–H groups in total. The first-order chi connectivity index (χ1) is 24.5. The maximum atomic E-state index is 16.4. The molecule has 2 amide bonds. The Kier molecular flexibility index (Phi) is 10.0. The third kappa shape index (κ3) is 6.82. The van der Waals surface area contributed by atoms with E-state index < -0.39 is 31.6 Å². The summed E-state index contributed by atoms with van der Waals surface area (Å²) in [6.45, 7) is 6.81. The van der Waals surface area contributed by atoms with E-state index in [0.29, 0.717) is 30.9 Å². The minimum atomic E-state index is -3.36. The van der Waals surface area contributed by atoms with E-state index in [1.165, 1.54) is 0 Å². The summed E-state index contributed by atoms with van der Waals surface area (Å²) >= 11 is 3.62. The molecule has 0 bridgehead atoms. The van der Waals surface area contributed by atoms with E-state index in [0.717, 1.165) is 46.2 Å². The van der Waals surface area contributed by atoms with Gasteiger partial charge in [0.2, 0.25) is 14.3 Å². The van der Waals surface area contributed by atoms with Gasteiger partial charge in [0.05, 0.1) is 42.6 Å². The molecule has 3 aliphatic heterocycles. The zero-order chi connectivity index (χ0) is 35.9. The predicted octanol–water partition coefficient (Wildman–Crippen LogP) is 6.27. The number of fused-ring (bicyclic) bond motifs is 2. The molecule has 268 valence electrons. The van der Waals surface area contributed by atoms with Gasteiger partial charge in [-0.15, -0.1) is 5.10 Å². The number of ether oxygens (including phenoxy) is 1. The number of anilines is 2. The Morgan fingerprint density at radius 3 is 2.63 bits per heavy atom. The zero-order valence-corrected chi connectivity index (χ0v) is 31.6. The van der Waals surface area contributed by atoms with Crippen LogP contribution in [0.25, 0.3) is 0 Å². The number of rotatable bonds is 11. The lowest BCUT2D eigenvalue weighted by molar-refractivity contribution is -0.146. The molecule has 0 saturated carbocycles. The summed E-state index contributed by atoms with van der Waals surface area (Å²) in [4.78, 5) is 29.1. The van der Waals surface area contributed by atoms with Gasteiger partial charge in [-0.25, -0.2) is 0 Å². The number of hydrogen-bond donors (Lipinski definition) is 3. The van der Waals surface area contributed by atoms with E-state index in [1.54, 1.807) is 22.7 Å². The van der Waals surface area contributed by atoms with Crippen LogP contribution in [0, 0.1) is 5.92 Å². The van der Waals surface area contributed by atoms with Crippen molar-refractivity contribution in [2.45, 2.75) is 81.6 Å². The highest BCUT2D eigenvalue weighted by molar-refractivity contribution is 9.10. The summed E-state index contributed by atoms with van der Waals surface area (Å²) in [5.74, 6) is -0.977. The van der Waals surface area contributed by atoms with Crippen LogP contribution < -0.4 is 15.5 Å². The van der Waals surface area contributed by atoms with E-state index in [9.17, 15) is 14.7 Å². The smallest absolute Gasteiger partial charge is 0.264 e. The number of aromatic nitrogens is 3. The van der Waals surface area contributed by atoms with Crippen molar-refractivity contribution in [1.82, 2.24) is 20.3 Å². The number of amides is 2. The molecule has 2 fully saturated rings. The number of aliphatic hydroxyl groups is 1. The van der Waals surface area contributed by atoms with E-state index in [4.69, 9.17) is 4.74 Å². The average Bonchev–Trinajstić information content (AvgIpc) is 3.91. The Morgan fingerprint density at radius 1 is 1.18 bits per heavy atom. The first-order valence-electron chi connectivity index (χ1n) is 17.7. The zero-order valence-electron chi connectivity index (χ0n) is 29.1. The highest BCUT2D eigenvalue weighted by Gasteiger charge is 2.66. The Bertz CT molecular complexity index is 1880. The SMILES string of the molecule is C[C@@H]1[C@@H]([Si](C)(C)F)[C@H](CCn2cc(C(CO)c3ccccc3)nn2)O[C@@]12C(=O)N(Cc1ccc(NC(=O)[C@H]3CCCN3)cc1)c1ccc(Br)cc12. The lowest BCUT2D eigenvalue weighted by atomic mass is 9.82. The number of aryl methyl sites for hydroxylation is 1. The van der Waals surface area contributed by atoms with Crippen LogP contribution in [-0.4, -0.2) is 65.6 Å². The first kappa shape index (κ1) is 35.6. The molecule has 3 aromatic carbocycles. The number of benzene rings is 3.